The molecule has 1 aliphatic heterocycles. The van der Waals surface area contributed by atoms with E-state index in [9.17, 15) is 13.2 Å². The molecule has 0 unspecified atom stereocenters. The molecule has 8 nitrogen and oxygen atoms in total. The van der Waals surface area contributed by atoms with E-state index in [0.29, 0.717) is 44.0 Å². The third-order valence-electron chi connectivity index (χ3n) is 4.25. The Morgan fingerprint density at radius 2 is 2.04 bits per heavy atom. The van der Waals surface area contributed by atoms with Gasteiger partial charge in [-0.05, 0) is 25.5 Å². The van der Waals surface area contributed by atoms with Crippen molar-refractivity contribution in [3.05, 3.63) is 42.4 Å². The van der Waals surface area contributed by atoms with Crippen molar-refractivity contribution >= 4 is 15.9 Å². The minimum atomic E-state index is -3.62. The predicted molar refractivity (Wildman–Crippen MR) is 95.5 cm³/mol. The number of H-pyrrole nitrogens is 1. The van der Waals surface area contributed by atoms with E-state index < -0.39 is 10.0 Å². The second-order valence-corrected chi connectivity index (χ2v) is 7.80. The smallest absolute Gasteiger partial charge is 0.260 e. The molecular formula is C17H22N4O4S. The molecule has 9 heteroatoms. The van der Waals surface area contributed by atoms with Crippen LogP contribution in [0.25, 0.3) is 0 Å². The van der Waals surface area contributed by atoms with Crippen molar-refractivity contribution in [2.45, 2.75) is 18.4 Å². The maximum Gasteiger partial charge on any atom is 0.260 e. The third-order valence-corrected chi connectivity index (χ3v) is 6.07. The number of benzene rings is 1. The molecule has 0 spiro atoms. The van der Waals surface area contributed by atoms with E-state index in [1.165, 1.54) is 16.8 Å². The van der Waals surface area contributed by atoms with Crippen LogP contribution in [0.1, 0.15) is 23.7 Å². The molecule has 1 amide bonds. The highest BCUT2D eigenvalue weighted by Crippen LogP contribution is 2.22. The molecule has 0 atom stereocenters. The highest BCUT2D eigenvalue weighted by molar-refractivity contribution is 7.89. The van der Waals surface area contributed by atoms with Crippen LogP contribution < -0.4 is 4.74 Å². The maximum atomic E-state index is 12.9. The Hall–Kier alpha value is -2.39. The summed E-state index contributed by atoms with van der Waals surface area (Å²) in [6.45, 7) is 3.76. The molecule has 1 aliphatic rings. The van der Waals surface area contributed by atoms with Crippen LogP contribution >= 0.6 is 0 Å². The van der Waals surface area contributed by atoms with Crippen LogP contribution in [-0.2, 0) is 10.0 Å². The van der Waals surface area contributed by atoms with Gasteiger partial charge in [-0.25, -0.2) is 13.4 Å². The minimum absolute atomic E-state index is 0.0685. The van der Waals surface area contributed by atoms with E-state index >= 15 is 0 Å². The lowest BCUT2D eigenvalue weighted by Crippen LogP contribution is -2.37. The Morgan fingerprint density at radius 1 is 1.23 bits per heavy atom. The zero-order valence-corrected chi connectivity index (χ0v) is 15.4. The molecule has 0 aliphatic carbocycles. The van der Waals surface area contributed by atoms with Crippen molar-refractivity contribution in [3.63, 3.8) is 0 Å². The maximum absolute atomic E-state index is 12.9. The van der Waals surface area contributed by atoms with Gasteiger partial charge in [-0.1, -0.05) is 12.1 Å². The van der Waals surface area contributed by atoms with Gasteiger partial charge < -0.3 is 14.6 Å². The summed E-state index contributed by atoms with van der Waals surface area (Å²) >= 11 is 0. The van der Waals surface area contributed by atoms with Gasteiger partial charge in [0.05, 0.1) is 24.7 Å². The van der Waals surface area contributed by atoms with Gasteiger partial charge in [0.25, 0.3) is 15.9 Å². The van der Waals surface area contributed by atoms with Gasteiger partial charge in [-0.2, -0.15) is 4.31 Å². The normalized spacial score (nSPS) is 16.3. The standard InChI is InChI=1S/C17H22N4O4S/c1-2-25-15-7-4-3-6-14(15)17(22)20-8-5-9-21(11-10-20)26(23,24)16-12-18-13-19-16/h3-4,6-7,12-13H,2,5,8-11H2,1H3,(H,18,19). The van der Waals surface area contributed by atoms with Crippen LogP contribution in [0.5, 0.6) is 5.75 Å². The summed E-state index contributed by atoms with van der Waals surface area (Å²) < 4.78 is 32.2. The summed E-state index contributed by atoms with van der Waals surface area (Å²) in [5.41, 5.74) is 0.499. The first-order valence-corrected chi connectivity index (χ1v) is 9.97. The summed E-state index contributed by atoms with van der Waals surface area (Å²) in [7, 11) is -3.62. The van der Waals surface area contributed by atoms with Gasteiger partial charge >= 0.3 is 0 Å². The Bertz CT molecular complexity index is 851. The van der Waals surface area contributed by atoms with E-state index in [2.05, 4.69) is 9.97 Å². The number of nitrogens with one attached hydrogen (secondary N) is 1. The first-order valence-electron chi connectivity index (χ1n) is 8.53. The summed E-state index contributed by atoms with van der Waals surface area (Å²) in [6.07, 6.45) is 3.20. The van der Waals surface area contributed by atoms with Crippen molar-refractivity contribution in [1.29, 1.82) is 0 Å². The van der Waals surface area contributed by atoms with E-state index in [4.69, 9.17) is 4.74 Å². The molecule has 0 bridgehead atoms. The summed E-state index contributed by atoms with van der Waals surface area (Å²) in [5.74, 6) is 0.404. The van der Waals surface area contributed by atoms with Crippen LogP contribution in [0.2, 0.25) is 0 Å². The number of aromatic amines is 1. The highest BCUT2D eigenvalue weighted by atomic mass is 32.2. The molecule has 140 valence electrons. The van der Waals surface area contributed by atoms with Gasteiger partial charge in [0.2, 0.25) is 0 Å². The number of imidazole rings is 1. The fraction of sp³-hybridized carbons (Fsp3) is 0.412. The first kappa shape index (κ1) is 18.4. The Kier molecular flexibility index (Phi) is 5.58. The number of hydrogen-bond acceptors (Lipinski definition) is 5. The van der Waals surface area contributed by atoms with Crippen molar-refractivity contribution in [2.75, 3.05) is 32.8 Å². The molecule has 1 aromatic carbocycles. The highest BCUT2D eigenvalue weighted by Gasteiger charge is 2.30. The third kappa shape index (κ3) is 3.73. The molecule has 1 aromatic heterocycles. The van der Waals surface area contributed by atoms with Crippen LogP contribution in [0.15, 0.2) is 41.8 Å². The largest absolute Gasteiger partial charge is 0.493 e. The lowest BCUT2D eigenvalue weighted by atomic mass is 10.1. The van der Waals surface area contributed by atoms with Crippen molar-refractivity contribution in [2.24, 2.45) is 0 Å². The first-order chi connectivity index (χ1) is 12.5. The fourth-order valence-electron chi connectivity index (χ4n) is 2.96. The van der Waals surface area contributed by atoms with Gasteiger partial charge in [-0.15, -0.1) is 0 Å². The number of hydrogen-bond donors (Lipinski definition) is 1. The zero-order chi connectivity index (χ0) is 18.6. The van der Waals surface area contributed by atoms with Crippen molar-refractivity contribution in [1.82, 2.24) is 19.2 Å². The summed E-state index contributed by atoms with van der Waals surface area (Å²) in [5, 5.41) is 0.0685. The van der Waals surface area contributed by atoms with E-state index in [1.54, 1.807) is 23.1 Å². The number of ether oxygens (including phenoxy) is 1. The van der Waals surface area contributed by atoms with E-state index in [-0.39, 0.29) is 17.5 Å². The number of sulfonamides is 1. The number of nitrogens with zero attached hydrogens (tertiary/aromatic N) is 3. The molecule has 1 N–H and O–H groups in total. The van der Waals surface area contributed by atoms with Gasteiger partial charge in [0, 0.05) is 26.2 Å². The Balaban J connectivity index is 1.74. The quantitative estimate of drug-likeness (QED) is 0.847. The molecule has 3 rings (SSSR count). The minimum Gasteiger partial charge on any atom is -0.493 e. The lowest BCUT2D eigenvalue weighted by Gasteiger charge is -2.22. The van der Waals surface area contributed by atoms with Crippen LogP contribution in [-0.4, -0.2) is 66.3 Å². The molecule has 26 heavy (non-hydrogen) atoms. The molecule has 2 aromatic rings. The number of amides is 1. The molecule has 1 fully saturated rings. The molecule has 2 heterocycles. The fourth-order valence-corrected chi connectivity index (χ4v) is 4.32. The monoisotopic (exact) mass is 378 g/mol. The summed E-state index contributed by atoms with van der Waals surface area (Å²) in [4.78, 5) is 21.0. The number of para-hydroxylation sites is 1. The SMILES string of the molecule is CCOc1ccccc1C(=O)N1CCCN(S(=O)(=O)c2cnc[nH]2)CC1. The Morgan fingerprint density at radius 3 is 2.77 bits per heavy atom. The van der Waals surface area contributed by atoms with Gasteiger partial charge in [-0.3, -0.25) is 4.79 Å². The summed E-state index contributed by atoms with van der Waals surface area (Å²) in [6, 6.07) is 7.12. The number of carbonyl (C=O) groups is 1. The Labute approximate surface area is 152 Å². The predicted octanol–water partition coefficient (Wildman–Crippen LogP) is 1.35. The van der Waals surface area contributed by atoms with Crippen LogP contribution in [0.4, 0.5) is 0 Å². The van der Waals surface area contributed by atoms with Crippen molar-refractivity contribution < 1.29 is 17.9 Å². The second-order valence-electron chi connectivity index (χ2n) is 5.89. The lowest BCUT2D eigenvalue weighted by molar-refractivity contribution is 0.0760. The van der Waals surface area contributed by atoms with Gasteiger partial charge in [0.15, 0.2) is 5.03 Å². The zero-order valence-electron chi connectivity index (χ0n) is 14.6. The number of carbonyl (C=O) groups excluding carboxylic acids is 1. The van der Waals surface area contributed by atoms with Gasteiger partial charge in [0.1, 0.15) is 5.75 Å². The molecule has 0 radical (unpaired) electrons. The molecular weight excluding hydrogens is 356 g/mol. The second kappa shape index (κ2) is 7.88. The van der Waals surface area contributed by atoms with E-state index in [0.717, 1.165) is 0 Å². The van der Waals surface area contributed by atoms with Crippen LogP contribution in [0, 0.1) is 0 Å². The van der Waals surface area contributed by atoms with Crippen LogP contribution in [0.3, 0.4) is 0 Å². The van der Waals surface area contributed by atoms with E-state index in [1.807, 2.05) is 13.0 Å². The number of rotatable bonds is 5. The topological polar surface area (TPSA) is 95.6 Å². The van der Waals surface area contributed by atoms with Crippen molar-refractivity contribution in [3.8, 4) is 5.75 Å². The average molecular weight is 378 g/mol. The molecule has 1 saturated heterocycles. The number of aromatic nitrogens is 2. The molecule has 0 saturated carbocycles. The average Bonchev–Trinajstić information content (AvgIpc) is 3.07.